The molecule has 0 amide bonds. The molecule has 0 aliphatic heterocycles. The molecule has 2 aromatic rings. The Morgan fingerprint density at radius 1 is 0.750 bits per heavy atom. The molecular formula is C19H23N. The summed E-state index contributed by atoms with van der Waals surface area (Å²) in [7, 11) is 2.08. The van der Waals surface area contributed by atoms with Gasteiger partial charge in [-0.2, -0.15) is 0 Å². The van der Waals surface area contributed by atoms with Crippen LogP contribution in [0.2, 0.25) is 0 Å². The first kappa shape index (κ1) is 13.4. The molecule has 0 spiro atoms. The molecule has 4 atom stereocenters. The number of nitrogens with one attached hydrogen (secondary N) is 1. The molecule has 0 saturated carbocycles. The second-order valence-electron chi connectivity index (χ2n) is 6.00. The van der Waals surface area contributed by atoms with E-state index in [-0.39, 0.29) is 0 Å². The van der Waals surface area contributed by atoms with Crippen LogP contribution in [0, 0.1) is 11.8 Å². The van der Waals surface area contributed by atoms with Crippen molar-refractivity contribution in [2.75, 3.05) is 7.05 Å². The number of hydrogen-bond acceptors (Lipinski definition) is 1. The maximum absolute atomic E-state index is 3.51. The highest BCUT2D eigenvalue weighted by atomic mass is 14.9. The maximum Gasteiger partial charge on any atom is 0.0349 e. The van der Waals surface area contributed by atoms with E-state index in [0.717, 1.165) is 0 Å². The molecule has 104 valence electrons. The van der Waals surface area contributed by atoms with Crippen LogP contribution < -0.4 is 5.32 Å². The Morgan fingerprint density at radius 3 is 2.00 bits per heavy atom. The second-order valence-corrected chi connectivity index (χ2v) is 6.00. The Morgan fingerprint density at radius 2 is 1.35 bits per heavy atom. The zero-order valence-electron chi connectivity index (χ0n) is 12.5. The van der Waals surface area contributed by atoms with Gasteiger partial charge in [-0.05, 0) is 35.6 Å². The summed E-state index contributed by atoms with van der Waals surface area (Å²) in [4.78, 5) is 0. The van der Waals surface area contributed by atoms with Gasteiger partial charge in [-0.25, -0.2) is 0 Å². The molecule has 4 unspecified atom stereocenters. The van der Waals surface area contributed by atoms with Gasteiger partial charge in [0.05, 0.1) is 0 Å². The first-order valence-corrected chi connectivity index (χ1v) is 7.55. The molecule has 0 saturated heterocycles. The van der Waals surface area contributed by atoms with Crippen molar-refractivity contribution in [3.05, 3.63) is 71.3 Å². The molecule has 1 aliphatic carbocycles. The zero-order valence-corrected chi connectivity index (χ0v) is 12.5. The molecule has 0 radical (unpaired) electrons. The van der Waals surface area contributed by atoms with Crippen molar-refractivity contribution in [1.82, 2.24) is 5.32 Å². The Kier molecular flexibility index (Phi) is 3.62. The van der Waals surface area contributed by atoms with Crippen molar-refractivity contribution in [3.8, 4) is 0 Å². The van der Waals surface area contributed by atoms with Crippen LogP contribution in [0.1, 0.15) is 42.5 Å². The van der Waals surface area contributed by atoms with Crippen LogP contribution in [-0.4, -0.2) is 7.05 Å². The summed E-state index contributed by atoms with van der Waals surface area (Å²) in [6, 6.07) is 20.3. The topological polar surface area (TPSA) is 12.0 Å². The Labute approximate surface area is 122 Å². The number of fused-ring (bicyclic) bond motifs is 1. The highest BCUT2D eigenvalue weighted by Gasteiger charge is 2.37. The molecule has 20 heavy (non-hydrogen) atoms. The highest BCUT2D eigenvalue weighted by molar-refractivity contribution is 5.43. The van der Waals surface area contributed by atoms with Crippen LogP contribution in [0.3, 0.4) is 0 Å². The van der Waals surface area contributed by atoms with Gasteiger partial charge in [-0.15, -0.1) is 0 Å². The molecule has 0 bridgehead atoms. The molecule has 0 heterocycles. The molecular weight excluding hydrogens is 242 g/mol. The standard InChI is InChI=1S/C19H23N/c1-13-14(2)19(20-3)17-12-8-7-11-16(17)18(13)15-9-5-4-6-10-15/h4-14,18-20H,1-3H3. The van der Waals surface area contributed by atoms with Gasteiger partial charge < -0.3 is 5.32 Å². The van der Waals surface area contributed by atoms with Crippen molar-refractivity contribution in [1.29, 1.82) is 0 Å². The van der Waals surface area contributed by atoms with E-state index in [1.54, 1.807) is 0 Å². The summed E-state index contributed by atoms with van der Waals surface area (Å²) >= 11 is 0. The SMILES string of the molecule is CNC1c2ccccc2C(c2ccccc2)C(C)C1C. The van der Waals surface area contributed by atoms with Crippen LogP contribution in [-0.2, 0) is 0 Å². The van der Waals surface area contributed by atoms with Gasteiger partial charge in [-0.3, -0.25) is 0 Å². The van der Waals surface area contributed by atoms with E-state index in [2.05, 4.69) is 80.8 Å². The number of benzene rings is 2. The van der Waals surface area contributed by atoms with Crippen molar-refractivity contribution in [2.24, 2.45) is 11.8 Å². The third-order valence-corrected chi connectivity index (χ3v) is 5.02. The lowest BCUT2D eigenvalue weighted by atomic mass is 9.66. The van der Waals surface area contributed by atoms with E-state index in [1.807, 2.05) is 0 Å². The normalized spacial score (nSPS) is 28.9. The van der Waals surface area contributed by atoms with Gasteiger partial charge in [0, 0.05) is 12.0 Å². The lowest BCUT2D eigenvalue weighted by Gasteiger charge is -2.42. The van der Waals surface area contributed by atoms with Crippen molar-refractivity contribution < 1.29 is 0 Å². The minimum atomic E-state index is 0.459. The fourth-order valence-electron chi connectivity index (χ4n) is 3.81. The second kappa shape index (κ2) is 5.41. The van der Waals surface area contributed by atoms with Gasteiger partial charge in [0.1, 0.15) is 0 Å². The van der Waals surface area contributed by atoms with Gasteiger partial charge in [0.2, 0.25) is 0 Å². The van der Waals surface area contributed by atoms with Crippen LogP contribution in [0.15, 0.2) is 54.6 Å². The summed E-state index contributed by atoms with van der Waals surface area (Å²) in [6.45, 7) is 4.76. The summed E-state index contributed by atoms with van der Waals surface area (Å²) < 4.78 is 0. The molecule has 2 aromatic carbocycles. The lowest BCUT2D eigenvalue weighted by Crippen LogP contribution is -2.36. The molecule has 1 nitrogen and oxygen atoms in total. The van der Waals surface area contributed by atoms with E-state index >= 15 is 0 Å². The molecule has 0 aromatic heterocycles. The third kappa shape index (κ3) is 2.06. The van der Waals surface area contributed by atoms with Crippen molar-refractivity contribution in [2.45, 2.75) is 25.8 Å². The Balaban J connectivity index is 2.15. The Hall–Kier alpha value is -1.60. The largest absolute Gasteiger partial charge is 0.313 e. The van der Waals surface area contributed by atoms with E-state index in [1.165, 1.54) is 16.7 Å². The van der Waals surface area contributed by atoms with Crippen LogP contribution >= 0.6 is 0 Å². The van der Waals surface area contributed by atoms with Gasteiger partial charge in [0.25, 0.3) is 0 Å². The van der Waals surface area contributed by atoms with Crippen molar-refractivity contribution in [3.63, 3.8) is 0 Å². The summed E-state index contributed by atoms with van der Waals surface area (Å²) in [5, 5.41) is 3.51. The quantitative estimate of drug-likeness (QED) is 0.850. The smallest absolute Gasteiger partial charge is 0.0349 e. The van der Waals surface area contributed by atoms with Crippen molar-refractivity contribution >= 4 is 0 Å². The molecule has 1 N–H and O–H groups in total. The van der Waals surface area contributed by atoms with Crippen LogP contribution in [0.25, 0.3) is 0 Å². The van der Waals surface area contributed by atoms with Crippen LogP contribution in [0.4, 0.5) is 0 Å². The first-order valence-electron chi connectivity index (χ1n) is 7.55. The lowest BCUT2D eigenvalue weighted by molar-refractivity contribution is 0.251. The average molecular weight is 265 g/mol. The number of hydrogen-bond donors (Lipinski definition) is 1. The van der Waals surface area contributed by atoms with Gasteiger partial charge in [-0.1, -0.05) is 68.4 Å². The number of rotatable bonds is 2. The fourth-order valence-corrected chi connectivity index (χ4v) is 3.81. The van der Waals surface area contributed by atoms with Gasteiger partial charge >= 0.3 is 0 Å². The third-order valence-electron chi connectivity index (χ3n) is 5.02. The zero-order chi connectivity index (χ0) is 14.1. The molecule has 0 fully saturated rings. The monoisotopic (exact) mass is 265 g/mol. The molecule has 1 aliphatic rings. The van der Waals surface area contributed by atoms with E-state index in [0.29, 0.717) is 23.8 Å². The van der Waals surface area contributed by atoms with E-state index in [4.69, 9.17) is 0 Å². The minimum Gasteiger partial charge on any atom is -0.313 e. The summed E-state index contributed by atoms with van der Waals surface area (Å²) in [5.41, 5.74) is 4.40. The summed E-state index contributed by atoms with van der Waals surface area (Å²) in [5.74, 6) is 1.76. The van der Waals surface area contributed by atoms with E-state index in [9.17, 15) is 0 Å². The van der Waals surface area contributed by atoms with E-state index < -0.39 is 0 Å². The summed E-state index contributed by atoms with van der Waals surface area (Å²) in [6.07, 6.45) is 0. The minimum absolute atomic E-state index is 0.459. The molecule has 1 heteroatoms. The average Bonchev–Trinajstić information content (AvgIpc) is 2.50. The van der Waals surface area contributed by atoms with Crippen LogP contribution in [0.5, 0.6) is 0 Å². The van der Waals surface area contributed by atoms with Gasteiger partial charge in [0.15, 0.2) is 0 Å². The fraction of sp³-hybridized carbons (Fsp3) is 0.368. The highest BCUT2D eigenvalue weighted by Crippen LogP contribution is 2.47. The Bertz CT molecular complexity index is 575. The molecule has 3 rings (SSSR count). The first-order chi connectivity index (χ1) is 9.74. The predicted molar refractivity (Wildman–Crippen MR) is 84.9 cm³/mol. The predicted octanol–water partition coefficient (Wildman–Crippen LogP) is 4.36. The maximum atomic E-state index is 3.51.